The van der Waals surface area contributed by atoms with Gasteiger partial charge in [-0.25, -0.2) is 4.79 Å². The van der Waals surface area contributed by atoms with E-state index in [2.05, 4.69) is 5.32 Å². The highest BCUT2D eigenvalue weighted by Crippen LogP contribution is 2.16. The number of carbonyl (C=O) groups is 1. The van der Waals surface area contributed by atoms with Crippen molar-refractivity contribution in [1.82, 2.24) is 0 Å². The lowest BCUT2D eigenvalue weighted by Gasteiger charge is -2.10. The fourth-order valence-corrected chi connectivity index (χ4v) is 3.23. The summed E-state index contributed by atoms with van der Waals surface area (Å²) in [6.45, 7) is 8.20. The van der Waals surface area contributed by atoms with Crippen molar-refractivity contribution in [3.05, 3.63) is 60.2 Å². The second kappa shape index (κ2) is 25.9. The summed E-state index contributed by atoms with van der Waals surface area (Å²) in [5.74, 6) is 0.678. The molecule has 42 heavy (non-hydrogen) atoms. The first-order valence-electron chi connectivity index (χ1n) is 14.2. The van der Waals surface area contributed by atoms with Crippen LogP contribution in [0.15, 0.2) is 54.6 Å². The number of carbonyl (C=O) groups excluding carboxylic acids is 1. The first-order chi connectivity index (χ1) is 20.8. The highest BCUT2D eigenvalue weighted by atomic mass is 16.6. The monoisotopic (exact) mass is 594 g/mol. The maximum Gasteiger partial charge on any atom is 0.411 e. The van der Waals surface area contributed by atoms with Gasteiger partial charge in [0.15, 0.2) is 0 Å². The molecular formula is C30H46N2O10. The van der Waals surface area contributed by atoms with Crippen molar-refractivity contribution in [3.8, 4) is 5.75 Å². The van der Waals surface area contributed by atoms with Gasteiger partial charge in [-0.15, -0.1) is 0 Å². The maximum absolute atomic E-state index is 11.9. The summed E-state index contributed by atoms with van der Waals surface area (Å²) >= 11 is 0. The van der Waals surface area contributed by atoms with Crippen LogP contribution in [0.3, 0.4) is 0 Å². The number of ether oxygens (including phenoxy) is 9. The molecule has 2 aromatic rings. The zero-order valence-electron chi connectivity index (χ0n) is 24.4. The van der Waals surface area contributed by atoms with E-state index < -0.39 is 6.09 Å². The molecule has 12 nitrogen and oxygen atoms in total. The van der Waals surface area contributed by atoms with Crippen LogP contribution < -0.4 is 15.8 Å². The summed E-state index contributed by atoms with van der Waals surface area (Å²) < 4.78 is 48.8. The fraction of sp³-hybridized carbons (Fsp3) is 0.567. The normalized spacial score (nSPS) is 11.0. The predicted octanol–water partition coefficient (Wildman–Crippen LogP) is 2.89. The highest BCUT2D eigenvalue weighted by Gasteiger charge is 2.04. The van der Waals surface area contributed by atoms with Crippen molar-refractivity contribution in [2.45, 2.75) is 6.61 Å². The number of hydrogen-bond acceptors (Lipinski definition) is 11. The molecule has 0 aliphatic carbocycles. The molecule has 12 heteroatoms. The number of anilines is 1. The Balaban J connectivity index is 1.29. The van der Waals surface area contributed by atoms with Gasteiger partial charge in [-0.3, -0.25) is 5.32 Å². The second-order valence-corrected chi connectivity index (χ2v) is 8.63. The molecular weight excluding hydrogens is 548 g/mol. The van der Waals surface area contributed by atoms with Gasteiger partial charge in [-0.2, -0.15) is 0 Å². The lowest BCUT2D eigenvalue weighted by molar-refractivity contribution is -0.0210. The zero-order valence-corrected chi connectivity index (χ0v) is 24.4. The molecule has 0 aromatic heterocycles. The zero-order chi connectivity index (χ0) is 29.8. The minimum absolute atomic E-state index is 0.214. The topological polar surface area (TPSA) is 138 Å². The summed E-state index contributed by atoms with van der Waals surface area (Å²) in [6.07, 6.45) is -0.513. The summed E-state index contributed by atoms with van der Waals surface area (Å²) in [4.78, 5) is 11.9. The number of rotatable bonds is 27. The van der Waals surface area contributed by atoms with Gasteiger partial charge in [-0.1, -0.05) is 30.3 Å². The Kier molecular flexibility index (Phi) is 21.8. The molecule has 0 spiro atoms. The Morgan fingerprint density at radius 2 is 0.976 bits per heavy atom. The van der Waals surface area contributed by atoms with E-state index in [1.807, 2.05) is 30.3 Å². The number of nitrogens with one attached hydrogen (secondary N) is 1. The van der Waals surface area contributed by atoms with Gasteiger partial charge in [0.25, 0.3) is 0 Å². The van der Waals surface area contributed by atoms with Gasteiger partial charge in [0.1, 0.15) is 19.0 Å². The van der Waals surface area contributed by atoms with Gasteiger partial charge >= 0.3 is 6.09 Å². The van der Waals surface area contributed by atoms with Crippen LogP contribution in [-0.4, -0.2) is 112 Å². The van der Waals surface area contributed by atoms with Crippen LogP contribution in [0.25, 0.3) is 0 Å². The average Bonchev–Trinajstić information content (AvgIpc) is 3.01. The van der Waals surface area contributed by atoms with Gasteiger partial charge < -0.3 is 48.4 Å². The summed E-state index contributed by atoms with van der Waals surface area (Å²) in [7, 11) is 0. The number of hydrogen-bond donors (Lipinski definition) is 2. The van der Waals surface area contributed by atoms with Crippen LogP contribution in [0.5, 0.6) is 5.75 Å². The Labute approximate surface area is 248 Å². The van der Waals surface area contributed by atoms with E-state index in [1.165, 1.54) is 0 Å². The lowest BCUT2D eigenvalue weighted by atomic mass is 10.2. The first-order valence-corrected chi connectivity index (χ1v) is 14.2. The van der Waals surface area contributed by atoms with E-state index in [0.29, 0.717) is 117 Å². The molecule has 2 rings (SSSR count). The van der Waals surface area contributed by atoms with E-state index in [-0.39, 0.29) is 6.61 Å². The minimum atomic E-state index is -0.513. The highest BCUT2D eigenvalue weighted by molar-refractivity contribution is 5.84. The van der Waals surface area contributed by atoms with Gasteiger partial charge in [0, 0.05) is 12.2 Å². The van der Waals surface area contributed by atoms with Gasteiger partial charge in [-0.05, 0) is 29.8 Å². The van der Waals surface area contributed by atoms with Crippen molar-refractivity contribution >= 4 is 11.8 Å². The van der Waals surface area contributed by atoms with E-state index in [0.717, 1.165) is 5.56 Å². The Bertz CT molecular complexity index is 889. The smallest absolute Gasteiger partial charge is 0.411 e. The fourth-order valence-electron chi connectivity index (χ4n) is 3.23. The van der Waals surface area contributed by atoms with Crippen molar-refractivity contribution < 1.29 is 47.4 Å². The molecule has 0 bridgehead atoms. The Morgan fingerprint density at radius 1 is 0.548 bits per heavy atom. The Morgan fingerprint density at radius 3 is 1.43 bits per heavy atom. The molecule has 0 saturated heterocycles. The molecule has 0 atom stereocenters. The third-order valence-electron chi connectivity index (χ3n) is 5.30. The molecule has 2 aromatic carbocycles. The first kappa shape index (κ1) is 35.4. The molecule has 1 amide bonds. The third-order valence-corrected chi connectivity index (χ3v) is 5.30. The average molecular weight is 595 g/mol. The van der Waals surface area contributed by atoms with E-state index in [1.54, 1.807) is 24.3 Å². The number of nitrogens with two attached hydrogens (primary N) is 1. The molecule has 0 radical (unpaired) electrons. The molecule has 0 aliphatic heterocycles. The van der Waals surface area contributed by atoms with Crippen LogP contribution in [0, 0.1) is 0 Å². The lowest BCUT2D eigenvalue weighted by Crippen LogP contribution is -2.15. The summed E-state index contributed by atoms with van der Waals surface area (Å²) in [6, 6.07) is 16.5. The molecule has 0 heterocycles. The number of amides is 1. The van der Waals surface area contributed by atoms with E-state index in [9.17, 15) is 4.79 Å². The van der Waals surface area contributed by atoms with Crippen molar-refractivity contribution in [3.63, 3.8) is 0 Å². The van der Waals surface area contributed by atoms with Gasteiger partial charge in [0.2, 0.25) is 0 Å². The molecule has 0 unspecified atom stereocenters. The third kappa shape index (κ3) is 20.1. The molecule has 3 N–H and O–H groups in total. The molecule has 0 aliphatic rings. The predicted molar refractivity (Wildman–Crippen MR) is 157 cm³/mol. The maximum atomic E-state index is 11.9. The van der Waals surface area contributed by atoms with Crippen molar-refractivity contribution in [2.75, 3.05) is 111 Å². The second-order valence-electron chi connectivity index (χ2n) is 8.63. The van der Waals surface area contributed by atoms with Crippen LogP contribution in [0.4, 0.5) is 10.5 Å². The van der Waals surface area contributed by atoms with Crippen LogP contribution in [0.1, 0.15) is 5.56 Å². The largest absolute Gasteiger partial charge is 0.491 e. The van der Waals surface area contributed by atoms with Crippen molar-refractivity contribution in [2.24, 2.45) is 5.73 Å². The van der Waals surface area contributed by atoms with Crippen LogP contribution in [-0.2, 0) is 44.5 Å². The number of benzene rings is 2. The summed E-state index contributed by atoms with van der Waals surface area (Å²) in [5, 5.41) is 2.69. The molecule has 0 saturated carbocycles. The quantitative estimate of drug-likeness (QED) is 0.148. The van der Waals surface area contributed by atoms with Gasteiger partial charge in [0.05, 0.1) is 92.5 Å². The summed E-state index contributed by atoms with van der Waals surface area (Å²) in [5.41, 5.74) is 6.87. The van der Waals surface area contributed by atoms with Crippen LogP contribution >= 0.6 is 0 Å². The Hall–Kier alpha value is -2.81. The molecule has 0 fully saturated rings. The van der Waals surface area contributed by atoms with E-state index >= 15 is 0 Å². The standard InChI is InChI=1S/C30H46N2O10/c31-10-11-34-12-13-35-14-15-36-16-17-37-18-19-38-20-21-39-22-23-40-24-25-41-29-8-6-28(7-9-29)32-30(33)42-26-27-4-2-1-3-5-27/h1-9H,10-26,31H2,(H,32,33). The molecule has 236 valence electrons. The van der Waals surface area contributed by atoms with E-state index in [4.69, 9.17) is 48.4 Å². The van der Waals surface area contributed by atoms with Crippen LogP contribution in [0.2, 0.25) is 0 Å². The SMILES string of the molecule is NCCOCCOCCOCCOCCOCCOCCOCCOc1ccc(NC(=O)OCc2ccccc2)cc1. The van der Waals surface area contributed by atoms with Crippen molar-refractivity contribution in [1.29, 1.82) is 0 Å². The minimum Gasteiger partial charge on any atom is -0.491 e.